The lowest BCUT2D eigenvalue weighted by atomic mass is 9.95. The van der Waals surface area contributed by atoms with Gasteiger partial charge >= 0.3 is 0 Å². The lowest BCUT2D eigenvalue weighted by Crippen LogP contribution is -2.40. The molecule has 4 nitrogen and oxygen atoms in total. The maximum Gasteiger partial charge on any atom is 0.223 e. The fraction of sp³-hybridized carbons (Fsp3) is 0.350. The molecule has 4 heteroatoms. The van der Waals surface area contributed by atoms with Gasteiger partial charge in [0.1, 0.15) is 5.75 Å². The van der Waals surface area contributed by atoms with E-state index in [2.05, 4.69) is 34.5 Å². The highest BCUT2D eigenvalue weighted by atomic mass is 16.5. The molecule has 126 valence electrons. The van der Waals surface area contributed by atoms with Gasteiger partial charge in [-0.15, -0.1) is 0 Å². The van der Waals surface area contributed by atoms with Crippen LogP contribution in [0.2, 0.25) is 0 Å². The molecular weight excluding hydrogens is 300 g/mol. The minimum atomic E-state index is 0.0969. The Morgan fingerprint density at radius 3 is 2.46 bits per heavy atom. The minimum absolute atomic E-state index is 0.0969. The number of carbonyl (C=O) groups is 1. The van der Waals surface area contributed by atoms with Crippen LogP contribution in [0, 0.1) is 5.92 Å². The second-order valence-electron chi connectivity index (χ2n) is 6.13. The average Bonchev–Trinajstić information content (AvgIpc) is 2.67. The topological polar surface area (TPSA) is 41.6 Å². The first kappa shape index (κ1) is 16.4. The molecule has 1 heterocycles. The van der Waals surface area contributed by atoms with E-state index in [9.17, 15) is 4.79 Å². The first-order valence-electron chi connectivity index (χ1n) is 8.47. The summed E-state index contributed by atoms with van der Waals surface area (Å²) in [7, 11) is 1.65. The smallest absolute Gasteiger partial charge is 0.223 e. The Morgan fingerprint density at radius 2 is 1.75 bits per heavy atom. The standard InChI is InChI=1S/C20H24N2O2/c1-24-19-10-6-5-7-17(19)15-21-20(23)16-11-13-22(14-12-16)18-8-3-2-4-9-18/h2-10,16H,11-15H2,1H3,(H,21,23). The van der Waals surface area contributed by atoms with E-state index in [-0.39, 0.29) is 11.8 Å². The Balaban J connectivity index is 1.50. The van der Waals surface area contributed by atoms with Crippen molar-refractivity contribution in [2.24, 2.45) is 5.92 Å². The highest BCUT2D eigenvalue weighted by Gasteiger charge is 2.25. The maximum absolute atomic E-state index is 12.4. The summed E-state index contributed by atoms with van der Waals surface area (Å²) < 4.78 is 5.33. The third kappa shape index (κ3) is 3.88. The van der Waals surface area contributed by atoms with Gasteiger partial charge in [0.2, 0.25) is 5.91 Å². The predicted molar refractivity (Wildman–Crippen MR) is 96.2 cm³/mol. The van der Waals surface area contributed by atoms with Crippen LogP contribution < -0.4 is 15.0 Å². The van der Waals surface area contributed by atoms with Gasteiger partial charge in [0.05, 0.1) is 7.11 Å². The lowest BCUT2D eigenvalue weighted by Gasteiger charge is -2.33. The van der Waals surface area contributed by atoms with Gasteiger partial charge in [-0.05, 0) is 31.0 Å². The van der Waals surface area contributed by atoms with Crippen molar-refractivity contribution in [1.29, 1.82) is 0 Å². The number of rotatable bonds is 5. The quantitative estimate of drug-likeness (QED) is 0.918. The van der Waals surface area contributed by atoms with Crippen LogP contribution >= 0.6 is 0 Å². The number of ether oxygens (including phenoxy) is 1. The predicted octanol–water partition coefficient (Wildman–Crippen LogP) is 3.23. The van der Waals surface area contributed by atoms with E-state index in [1.807, 2.05) is 30.3 Å². The van der Waals surface area contributed by atoms with Crippen LogP contribution in [0.5, 0.6) is 5.75 Å². The highest BCUT2D eigenvalue weighted by molar-refractivity contribution is 5.79. The zero-order valence-electron chi connectivity index (χ0n) is 14.1. The molecule has 0 aromatic heterocycles. The Morgan fingerprint density at radius 1 is 1.08 bits per heavy atom. The SMILES string of the molecule is COc1ccccc1CNC(=O)C1CCN(c2ccccc2)CC1. The summed E-state index contributed by atoms with van der Waals surface area (Å²) in [6.45, 7) is 2.37. The second-order valence-corrected chi connectivity index (χ2v) is 6.13. The largest absolute Gasteiger partial charge is 0.496 e. The van der Waals surface area contributed by atoms with Crippen LogP contribution in [0.1, 0.15) is 18.4 Å². The van der Waals surface area contributed by atoms with E-state index >= 15 is 0 Å². The van der Waals surface area contributed by atoms with Crippen LogP contribution in [-0.2, 0) is 11.3 Å². The maximum atomic E-state index is 12.4. The van der Waals surface area contributed by atoms with Gasteiger partial charge in [-0.3, -0.25) is 4.79 Å². The number of anilines is 1. The van der Waals surface area contributed by atoms with Gasteiger partial charge in [0.25, 0.3) is 0 Å². The molecule has 0 unspecified atom stereocenters. The lowest BCUT2D eigenvalue weighted by molar-refractivity contribution is -0.125. The number of nitrogens with one attached hydrogen (secondary N) is 1. The summed E-state index contributed by atoms with van der Waals surface area (Å²) in [6.07, 6.45) is 1.79. The Bertz CT molecular complexity index is 664. The van der Waals surface area contributed by atoms with E-state index in [0.29, 0.717) is 6.54 Å². The average molecular weight is 324 g/mol. The van der Waals surface area contributed by atoms with E-state index in [1.165, 1.54) is 5.69 Å². The molecule has 0 atom stereocenters. The molecule has 3 rings (SSSR count). The molecule has 1 saturated heterocycles. The van der Waals surface area contributed by atoms with E-state index in [4.69, 9.17) is 4.74 Å². The van der Waals surface area contributed by atoms with Crippen LogP contribution in [0.3, 0.4) is 0 Å². The van der Waals surface area contributed by atoms with E-state index in [1.54, 1.807) is 7.11 Å². The summed E-state index contributed by atoms with van der Waals surface area (Å²) >= 11 is 0. The van der Waals surface area contributed by atoms with Crippen LogP contribution in [0.15, 0.2) is 54.6 Å². The zero-order chi connectivity index (χ0) is 16.8. The molecule has 0 saturated carbocycles. The molecule has 0 aliphatic carbocycles. The molecule has 1 amide bonds. The molecule has 2 aromatic rings. The number of amides is 1. The van der Waals surface area contributed by atoms with Crippen molar-refractivity contribution in [3.8, 4) is 5.75 Å². The van der Waals surface area contributed by atoms with Crippen molar-refractivity contribution in [2.45, 2.75) is 19.4 Å². The fourth-order valence-electron chi connectivity index (χ4n) is 3.21. The van der Waals surface area contributed by atoms with Gasteiger partial charge in [-0.2, -0.15) is 0 Å². The normalized spacial score (nSPS) is 15.1. The van der Waals surface area contributed by atoms with Crippen molar-refractivity contribution in [2.75, 3.05) is 25.1 Å². The molecule has 1 aliphatic heterocycles. The van der Waals surface area contributed by atoms with Crippen molar-refractivity contribution < 1.29 is 9.53 Å². The van der Waals surface area contributed by atoms with Crippen LogP contribution in [0.25, 0.3) is 0 Å². The Labute approximate surface area is 143 Å². The first-order chi connectivity index (χ1) is 11.8. The molecular formula is C20H24N2O2. The highest BCUT2D eigenvalue weighted by Crippen LogP contribution is 2.23. The first-order valence-corrected chi connectivity index (χ1v) is 8.47. The molecule has 24 heavy (non-hydrogen) atoms. The molecule has 0 radical (unpaired) electrons. The summed E-state index contributed by atoms with van der Waals surface area (Å²) in [5.41, 5.74) is 2.25. The molecule has 1 N–H and O–H groups in total. The van der Waals surface area contributed by atoms with Gasteiger partial charge in [-0.1, -0.05) is 36.4 Å². The molecule has 1 fully saturated rings. The number of carbonyl (C=O) groups excluding carboxylic acids is 1. The van der Waals surface area contributed by atoms with Crippen molar-refractivity contribution in [1.82, 2.24) is 5.32 Å². The van der Waals surface area contributed by atoms with E-state index in [0.717, 1.165) is 37.2 Å². The van der Waals surface area contributed by atoms with Crippen molar-refractivity contribution in [3.63, 3.8) is 0 Å². The summed E-state index contributed by atoms with van der Waals surface area (Å²) in [4.78, 5) is 14.8. The minimum Gasteiger partial charge on any atom is -0.496 e. The number of para-hydroxylation sites is 2. The molecule has 1 aliphatic rings. The fourth-order valence-corrected chi connectivity index (χ4v) is 3.21. The van der Waals surface area contributed by atoms with Crippen molar-refractivity contribution >= 4 is 11.6 Å². The summed E-state index contributed by atoms with van der Waals surface area (Å²) in [5, 5.41) is 3.06. The monoisotopic (exact) mass is 324 g/mol. The van der Waals surface area contributed by atoms with Gasteiger partial charge in [0, 0.05) is 36.8 Å². The van der Waals surface area contributed by atoms with Crippen LogP contribution in [-0.4, -0.2) is 26.1 Å². The molecule has 2 aromatic carbocycles. The Hall–Kier alpha value is -2.49. The van der Waals surface area contributed by atoms with Gasteiger partial charge in [0.15, 0.2) is 0 Å². The number of hydrogen-bond acceptors (Lipinski definition) is 3. The number of piperidine rings is 1. The third-order valence-electron chi connectivity index (χ3n) is 4.63. The summed E-state index contributed by atoms with van der Waals surface area (Å²) in [5.74, 6) is 1.06. The zero-order valence-corrected chi connectivity index (χ0v) is 14.1. The Kier molecular flexibility index (Phi) is 5.36. The molecule has 0 spiro atoms. The molecule has 0 bridgehead atoms. The summed E-state index contributed by atoms with van der Waals surface area (Å²) in [6, 6.07) is 18.2. The number of benzene rings is 2. The van der Waals surface area contributed by atoms with E-state index < -0.39 is 0 Å². The van der Waals surface area contributed by atoms with Gasteiger partial charge < -0.3 is 15.0 Å². The second kappa shape index (κ2) is 7.86. The number of nitrogens with zero attached hydrogens (tertiary/aromatic N) is 1. The van der Waals surface area contributed by atoms with Crippen molar-refractivity contribution in [3.05, 3.63) is 60.2 Å². The van der Waals surface area contributed by atoms with Crippen LogP contribution in [0.4, 0.5) is 5.69 Å². The number of hydrogen-bond donors (Lipinski definition) is 1. The number of methoxy groups -OCH3 is 1. The van der Waals surface area contributed by atoms with Gasteiger partial charge in [-0.25, -0.2) is 0 Å². The third-order valence-corrected chi connectivity index (χ3v) is 4.63.